The molecule has 4 rings (SSSR count). The van der Waals surface area contributed by atoms with Crippen LogP contribution in [0.25, 0.3) is 10.9 Å². The molecule has 0 saturated carbocycles. The minimum absolute atomic E-state index is 0.0197. The van der Waals surface area contributed by atoms with Crippen molar-refractivity contribution in [2.75, 3.05) is 13.7 Å². The van der Waals surface area contributed by atoms with Crippen LogP contribution in [0.2, 0.25) is 0 Å². The van der Waals surface area contributed by atoms with Gasteiger partial charge in [-0.05, 0) is 70.0 Å². The summed E-state index contributed by atoms with van der Waals surface area (Å²) in [6.07, 6.45) is 0. The number of benzene rings is 2. The molecule has 0 saturated heterocycles. The van der Waals surface area contributed by atoms with Gasteiger partial charge in [0.1, 0.15) is 17.9 Å². The quantitative estimate of drug-likeness (QED) is 0.628. The van der Waals surface area contributed by atoms with Gasteiger partial charge in [0.25, 0.3) is 5.91 Å². The Morgan fingerprint density at radius 2 is 1.88 bits per heavy atom. The molecule has 1 atom stereocenters. The topological polar surface area (TPSA) is 80.8 Å². The van der Waals surface area contributed by atoms with Gasteiger partial charge < -0.3 is 19.7 Å². The third-order valence-corrected chi connectivity index (χ3v) is 5.98. The number of nitrogens with one attached hydrogen (secondary N) is 1. The van der Waals surface area contributed by atoms with E-state index in [0.29, 0.717) is 5.56 Å². The summed E-state index contributed by atoms with van der Waals surface area (Å²) in [7, 11) is 1.61. The molecule has 1 unspecified atom stereocenters. The molecule has 0 spiro atoms. The zero-order chi connectivity index (χ0) is 24.7. The van der Waals surface area contributed by atoms with Crippen LogP contribution < -0.4 is 14.8 Å². The summed E-state index contributed by atoms with van der Waals surface area (Å²) in [4.78, 5) is 33.7. The maximum Gasteiger partial charge on any atom is 0.260 e. The molecule has 34 heavy (non-hydrogen) atoms. The first-order valence-corrected chi connectivity index (χ1v) is 11.3. The van der Waals surface area contributed by atoms with E-state index in [1.54, 1.807) is 25.0 Å². The lowest BCUT2D eigenvalue weighted by Gasteiger charge is -2.39. The van der Waals surface area contributed by atoms with Crippen LogP contribution in [0.15, 0.2) is 48.5 Å². The van der Waals surface area contributed by atoms with Crippen LogP contribution in [-0.2, 0) is 11.3 Å². The molecule has 2 amide bonds. The molecule has 3 aromatic rings. The van der Waals surface area contributed by atoms with Crippen molar-refractivity contribution in [3.05, 3.63) is 65.2 Å². The minimum atomic E-state index is -1.26. The van der Waals surface area contributed by atoms with Crippen molar-refractivity contribution >= 4 is 22.7 Å². The summed E-state index contributed by atoms with van der Waals surface area (Å²) in [6.45, 7) is 9.67. The van der Waals surface area contributed by atoms with Crippen LogP contribution in [0.1, 0.15) is 49.2 Å². The van der Waals surface area contributed by atoms with Crippen LogP contribution in [0.3, 0.4) is 0 Å². The van der Waals surface area contributed by atoms with Gasteiger partial charge in [-0.15, -0.1) is 0 Å². The average Bonchev–Trinajstić information content (AvgIpc) is 2.88. The first kappa shape index (κ1) is 23.5. The zero-order valence-electron chi connectivity index (χ0n) is 20.6. The molecule has 0 bridgehead atoms. The molecule has 7 heteroatoms. The molecule has 0 fully saturated rings. The largest absolute Gasteiger partial charge is 0.497 e. The molecule has 0 aliphatic carbocycles. The highest BCUT2D eigenvalue weighted by Crippen LogP contribution is 2.33. The summed E-state index contributed by atoms with van der Waals surface area (Å²) in [5, 5.41) is 3.87. The van der Waals surface area contributed by atoms with Crippen molar-refractivity contribution in [3.63, 3.8) is 0 Å². The van der Waals surface area contributed by atoms with Gasteiger partial charge in [0.05, 0.1) is 12.6 Å². The second kappa shape index (κ2) is 8.63. The Kier molecular flexibility index (Phi) is 5.98. The summed E-state index contributed by atoms with van der Waals surface area (Å²) in [6, 6.07) is 15.1. The van der Waals surface area contributed by atoms with Crippen LogP contribution in [0.5, 0.6) is 11.6 Å². The number of rotatable bonds is 4. The van der Waals surface area contributed by atoms with Crippen molar-refractivity contribution in [2.24, 2.45) is 0 Å². The van der Waals surface area contributed by atoms with Gasteiger partial charge in [0.15, 0.2) is 5.54 Å². The fourth-order valence-corrected chi connectivity index (χ4v) is 4.00. The van der Waals surface area contributed by atoms with Crippen molar-refractivity contribution in [1.29, 1.82) is 0 Å². The van der Waals surface area contributed by atoms with E-state index in [4.69, 9.17) is 9.47 Å². The molecule has 2 aromatic carbocycles. The molecular weight excluding hydrogens is 430 g/mol. The van der Waals surface area contributed by atoms with Gasteiger partial charge in [-0.1, -0.05) is 24.3 Å². The third-order valence-electron chi connectivity index (χ3n) is 5.98. The van der Waals surface area contributed by atoms with Crippen molar-refractivity contribution < 1.29 is 19.1 Å². The lowest BCUT2D eigenvalue weighted by Crippen LogP contribution is -2.63. The predicted octanol–water partition coefficient (Wildman–Crippen LogP) is 4.26. The number of aromatic nitrogens is 1. The molecule has 0 radical (unpaired) electrons. The highest BCUT2D eigenvalue weighted by atomic mass is 16.5. The number of carbonyl (C=O) groups excluding carboxylic acids is 2. The molecule has 2 heterocycles. The number of hydrogen-bond donors (Lipinski definition) is 1. The Labute approximate surface area is 200 Å². The van der Waals surface area contributed by atoms with Crippen LogP contribution in [0.4, 0.5) is 0 Å². The maximum atomic E-state index is 14.0. The minimum Gasteiger partial charge on any atom is -0.497 e. The Hall–Kier alpha value is -3.61. The van der Waals surface area contributed by atoms with Crippen LogP contribution >= 0.6 is 0 Å². The van der Waals surface area contributed by atoms with E-state index in [9.17, 15) is 9.59 Å². The number of carbonyl (C=O) groups is 2. The fraction of sp³-hybridized carbons (Fsp3) is 0.370. The van der Waals surface area contributed by atoms with Gasteiger partial charge in [-0.2, -0.15) is 0 Å². The van der Waals surface area contributed by atoms with Gasteiger partial charge in [0, 0.05) is 17.5 Å². The van der Waals surface area contributed by atoms with E-state index >= 15 is 0 Å². The molecule has 1 aliphatic rings. The average molecular weight is 462 g/mol. The predicted molar refractivity (Wildman–Crippen MR) is 131 cm³/mol. The van der Waals surface area contributed by atoms with E-state index in [-0.39, 0.29) is 30.8 Å². The van der Waals surface area contributed by atoms with Gasteiger partial charge in [0.2, 0.25) is 11.8 Å². The lowest BCUT2D eigenvalue weighted by molar-refractivity contribution is -0.134. The number of ether oxygens (including phenoxy) is 2. The molecule has 1 aromatic heterocycles. The van der Waals surface area contributed by atoms with Crippen molar-refractivity contribution in [1.82, 2.24) is 15.2 Å². The first-order valence-electron chi connectivity index (χ1n) is 11.3. The summed E-state index contributed by atoms with van der Waals surface area (Å²) >= 11 is 0. The molecule has 1 N–H and O–H groups in total. The number of aryl methyl sites for hydroxylation is 1. The second-order valence-corrected chi connectivity index (χ2v) is 10.0. The monoisotopic (exact) mass is 461 g/mol. The second-order valence-electron chi connectivity index (χ2n) is 10.0. The Balaban J connectivity index is 1.81. The molecular formula is C27H31N3O4. The Bertz CT molecular complexity index is 1250. The molecule has 7 nitrogen and oxygen atoms in total. The number of hydrogen-bond acceptors (Lipinski definition) is 5. The summed E-state index contributed by atoms with van der Waals surface area (Å²) in [5.74, 6) is 0.383. The van der Waals surface area contributed by atoms with Crippen LogP contribution in [0, 0.1) is 6.92 Å². The summed E-state index contributed by atoms with van der Waals surface area (Å²) < 4.78 is 11.3. The van der Waals surface area contributed by atoms with E-state index in [1.165, 1.54) is 0 Å². The highest BCUT2D eigenvalue weighted by molar-refractivity contribution is 6.03. The van der Waals surface area contributed by atoms with Crippen LogP contribution in [-0.4, -0.2) is 46.5 Å². The van der Waals surface area contributed by atoms with Gasteiger partial charge >= 0.3 is 0 Å². The highest BCUT2D eigenvalue weighted by Gasteiger charge is 2.47. The van der Waals surface area contributed by atoms with E-state index in [1.807, 2.05) is 70.2 Å². The fourth-order valence-electron chi connectivity index (χ4n) is 4.00. The smallest absolute Gasteiger partial charge is 0.260 e. The Morgan fingerprint density at radius 1 is 1.18 bits per heavy atom. The summed E-state index contributed by atoms with van der Waals surface area (Å²) in [5.41, 5.74) is 1.30. The SMILES string of the molecule is COc1ccc(CN2C(=O)c3cc4ccc(C)cc4nc3OCC2(C)C(=O)NC(C)(C)C)cc1. The number of methoxy groups -OCH3 is 1. The molecule has 178 valence electrons. The number of fused-ring (bicyclic) bond motifs is 2. The number of nitrogens with zero attached hydrogens (tertiary/aromatic N) is 2. The van der Waals surface area contributed by atoms with Crippen molar-refractivity contribution in [2.45, 2.75) is 52.2 Å². The standard InChI is InChI=1S/C27H31N3O4/c1-17-7-10-19-14-21-23(28-22(19)13-17)34-16-27(5,25(32)29-26(2,3)4)30(24(21)31)15-18-8-11-20(33-6)12-9-18/h7-14H,15-16H2,1-6H3,(H,29,32). The van der Waals surface area contributed by atoms with Gasteiger partial charge in [-0.3, -0.25) is 9.59 Å². The number of pyridine rings is 1. The first-order chi connectivity index (χ1) is 16.0. The molecule has 1 aliphatic heterocycles. The van der Waals surface area contributed by atoms with E-state index in [2.05, 4.69) is 10.3 Å². The van der Waals surface area contributed by atoms with E-state index < -0.39 is 11.1 Å². The third kappa shape index (κ3) is 4.55. The van der Waals surface area contributed by atoms with Gasteiger partial charge in [-0.25, -0.2) is 4.98 Å². The van der Waals surface area contributed by atoms with Crippen molar-refractivity contribution in [3.8, 4) is 11.6 Å². The maximum absolute atomic E-state index is 14.0. The van der Waals surface area contributed by atoms with E-state index in [0.717, 1.165) is 27.8 Å². The lowest BCUT2D eigenvalue weighted by atomic mass is 9.95. The Morgan fingerprint density at radius 3 is 2.53 bits per heavy atom. The normalized spacial score (nSPS) is 18.2. The number of amides is 2. The zero-order valence-corrected chi connectivity index (χ0v) is 20.6.